The number of rotatable bonds is 0. The van der Waals surface area contributed by atoms with E-state index in [0.29, 0.717) is 42.3 Å². The topological polar surface area (TPSA) is 0 Å². The number of alkyl halides is 39. The predicted octanol–water partition coefficient (Wildman–Crippen LogP) is 33.6. The van der Waals surface area contributed by atoms with Gasteiger partial charge in [-0.25, -0.2) is 17.6 Å². The maximum absolute atomic E-state index is 13.1. The molecule has 9 rings (SSSR count). The van der Waals surface area contributed by atoms with Crippen LogP contribution in [0, 0.1) is 127 Å². The quantitative estimate of drug-likeness (QED) is 0.133. The van der Waals surface area contributed by atoms with Gasteiger partial charge >= 0.3 is 80.3 Å². The van der Waals surface area contributed by atoms with E-state index in [4.69, 9.17) is 4.11 Å². The zero-order valence-corrected chi connectivity index (χ0v) is 66.0. The van der Waals surface area contributed by atoms with Crippen LogP contribution < -0.4 is 0 Å². The molecule has 9 aromatic carbocycles. The molecule has 0 aliphatic carbocycles. The third-order valence-electron chi connectivity index (χ3n) is 16.8. The SMILES string of the molecule is Cc1c(C(F)(F)F)cc(C(F)(F)F)cc1C(F)(F)F.Cc1c(C(F)(F)F)cccc1C(F)(F)F.Cc1cc(C(F)(F)F)cc(C(F)(F)F)c1.Cc1cc(F)c(C)c(F)c1.Cc1cc(F)cc(C)c1C.Cc1cc(F)cc(C)c1C.Cc1ccc(C(F)(F)F)cc1.Cc1cccc(C(F)(F)F)c1.[2H]C([2H])([2H])c1c(C)c(C(F)(F)F)c(C(F)(F)F)c(C(F)(F)F)c1C(F)(F)F. The van der Waals surface area contributed by atoms with Gasteiger partial charge in [0.1, 0.15) is 23.3 Å². The van der Waals surface area contributed by atoms with Crippen molar-refractivity contribution in [1.29, 1.82) is 0 Å². The van der Waals surface area contributed by atoms with Gasteiger partial charge in [0.25, 0.3) is 0 Å². The molecule has 0 atom stereocenters. The van der Waals surface area contributed by atoms with Crippen LogP contribution >= 0.6 is 0 Å². The van der Waals surface area contributed by atoms with E-state index in [0.717, 1.165) is 65.1 Å². The molecule has 0 heterocycles. The first-order chi connectivity index (χ1) is 56.8. The van der Waals surface area contributed by atoms with E-state index in [2.05, 4.69) is 0 Å². The molecule has 9 aromatic rings. The molecule has 0 nitrogen and oxygen atoms in total. The smallest absolute Gasteiger partial charge is 0.207 e. The largest absolute Gasteiger partial charge is 0.417 e. The molecule has 0 radical (unpaired) electrons. The summed E-state index contributed by atoms with van der Waals surface area (Å²) in [6, 6.07) is 21.9. The van der Waals surface area contributed by atoms with Gasteiger partial charge in [0.15, 0.2) is 0 Å². The van der Waals surface area contributed by atoms with Crippen molar-refractivity contribution < 1.29 is 193 Å². The van der Waals surface area contributed by atoms with Crippen LogP contribution in [-0.4, -0.2) is 0 Å². The Hall–Kier alpha value is -10.0. The highest BCUT2D eigenvalue weighted by Crippen LogP contribution is 2.54. The molecule has 0 fully saturated rings. The Balaban J connectivity index is 0.000000736. The van der Waals surface area contributed by atoms with Gasteiger partial charge in [-0.15, -0.1) is 0 Å². The molecule has 125 heavy (non-hydrogen) atoms. The van der Waals surface area contributed by atoms with E-state index < -0.39 is 193 Å². The van der Waals surface area contributed by atoms with E-state index in [1.54, 1.807) is 51.1 Å². The fourth-order valence-corrected chi connectivity index (χ4v) is 10.2. The second-order valence-corrected chi connectivity index (χ2v) is 26.7. The van der Waals surface area contributed by atoms with Crippen LogP contribution in [0.4, 0.5) is 189 Å². The minimum atomic E-state index is -6.59. The summed E-state index contributed by atoms with van der Waals surface area (Å²) in [4.78, 5) is 0. The Kier molecular flexibility index (Phi) is 36.1. The molecule has 0 N–H and O–H groups in total. The maximum atomic E-state index is 13.1. The molecule has 696 valence electrons. The van der Waals surface area contributed by atoms with Crippen molar-refractivity contribution in [2.75, 3.05) is 0 Å². The summed E-state index contributed by atoms with van der Waals surface area (Å²) in [7, 11) is 0. The monoisotopic (exact) mass is 1870 g/mol. The van der Waals surface area contributed by atoms with Crippen molar-refractivity contribution >= 4 is 0 Å². The first kappa shape index (κ1) is 107. The summed E-state index contributed by atoms with van der Waals surface area (Å²) in [5, 5.41) is 0. The molecular weight excluding hydrogens is 1800 g/mol. The Morgan fingerprint density at radius 1 is 0.184 bits per heavy atom. The zero-order chi connectivity index (χ0) is 101. The van der Waals surface area contributed by atoms with Crippen molar-refractivity contribution in [1.82, 2.24) is 0 Å². The number of hydrogen-bond acceptors (Lipinski definition) is 0. The summed E-state index contributed by atoms with van der Waals surface area (Å²) >= 11 is 0. The third-order valence-corrected chi connectivity index (χ3v) is 16.8. The molecule has 0 aliphatic heterocycles. The average molecular weight is 1870 g/mol. The highest BCUT2D eigenvalue weighted by atomic mass is 19.5. The Morgan fingerprint density at radius 2 is 0.448 bits per heavy atom. The summed E-state index contributed by atoms with van der Waals surface area (Å²) < 4.78 is 558. The number of aryl methyl sites for hydroxylation is 8. The molecule has 0 amide bonds. The summed E-state index contributed by atoms with van der Waals surface area (Å²) in [6.07, 6.45) is -69.0. The van der Waals surface area contributed by atoms with Crippen LogP contribution in [0.1, 0.15) is 160 Å². The van der Waals surface area contributed by atoms with Crippen molar-refractivity contribution in [2.24, 2.45) is 0 Å². The van der Waals surface area contributed by atoms with E-state index in [1.165, 1.54) is 55.3 Å². The average Bonchev–Trinajstić information content (AvgIpc) is 0.705. The molecular formula is C82H67F43. The van der Waals surface area contributed by atoms with Gasteiger partial charge in [-0.05, 0) is 268 Å². The van der Waals surface area contributed by atoms with Crippen molar-refractivity contribution in [2.45, 2.75) is 184 Å². The molecule has 0 saturated carbocycles. The summed E-state index contributed by atoms with van der Waals surface area (Å²) in [6.45, 7) is 16.4. The van der Waals surface area contributed by atoms with Crippen LogP contribution in [0.3, 0.4) is 0 Å². The lowest BCUT2D eigenvalue weighted by Gasteiger charge is -2.28. The van der Waals surface area contributed by atoms with Gasteiger partial charge in [-0.3, -0.25) is 0 Å². The maximum Gasteiger partial charge on any atom is 0.417 e. The van der Waals surface area contributed by atoms with Crippen LogP contribution in [-0.2, 0) is 80.3 Å². The van der Waals surface area contributed by atoms with Crippen LogP contribution in [0.2, 0.25) is 0 Å². The standard InChI is InChI=1S/C12H6F12.C10H5F9.2C9H6F6.2C9H11F.2C8H7F3.C8H8F2/c1-3-4(2)6(10(16,17)18)8(12(22,23)24)7(11(19,20)21)5(3)9(13,14)15;1-4-6(9(14,15)16)2-5(8(11,12)13)3-7(4)10(17,18)19;1-5-2-6(8(10,11)12)4-7(3-5)9(13,14)15;1-5-6(8(10,11)12)3-2-4-7(5)9(13,14)15;2*1-6-4-9(10)5-7(2)8(6)3;1-6-2-4-7(5-3-6)8(9,10)11;1-6-3-2-4-7(5-6)8(9,10)11;1-5-3-7(9)6(2)8(10)4-5/h1-2H3;2-3H,1H3;2*2-4H,1H3;2*4-5H,1-3H3;2*2-5H,1H3;3-4H,1-2H3/i1D3;;;;;;;;. The lowest BCUT2D eigenvalue weighted by Crippen LogP contribution is -2.29. The van der Waals surface area contributed by atoms with Crippen LogP contribution in [0.5, 0.6) is 0 Å². The zero-order valence-electron chi connectivity index (χ0n) is 69.0. The van der Waals surface area contributed by atoms with Crippen molar-refractivity contribution in [3.8, 4) is 0 Å². The minimum absolute atomic E-state index is 0.0604. The fraction of sp³-hybridized carbons (Fsp3) is 0.341. The molecule has 0 unspecified atom stereocenters. The first-order valence-corrected chi connectivity index (χ1v) is 33.9. The van der Waals surface area contributed by atoms with Crippen molar-refractivity contribution in [3.63, 3.8) is 0 Å². The highest BCUT2D eigenvalue weighted by Gasteiger charge is 2.57. The summed E-state index contributed by atoms with van der Waals surface area (Å²) in [5.41, 5.74) is -24.1. The molecule has 0 spiro atoms. The molecule has 0 bridgehead atoms. The minimum Gasteiger partial charge on any atom is -0.207 e. The second-order valence-electron chi connectivity index (χ2n) is 26.7. The van der Waals surface area contributed by atoms with E-state index in [9.17, 15) is 189 Å². The summed E-state index contributed by atoms with van der Waals surface area (Å²) in [5.74, 6) is -1.23. The highest BCUT2D eigenvalue weighted by molar-refractivity contribution is 5.56. The van der Waals surface area contributed by atoms with E-state index >= 15 is 0 Å². The number of hydrogen-bond donors (Lipinski definition) is 0. The third kappa shape index (κ3) is 35.0. The van der Waals surface area contributed by atoms with Gasteiger partial charge in [0.05, 0.1) is 72.3 Å². The van der Waals surface area contributed by atoms with Crippen LogP contribution in [0.25, 0.3) is 0 Å². The molecule has 0 aliphatic rings. The van der Waals surface area contributed by atoms with Gasteiger partial charge in [0, 0.05) is 9.68 Å². The second kappa shape index (κ2) is 42.1. The first-order valence-electron chi connectivity index (χ1n) is 35.4. The van der Waals surface area contributed by atoms with E-state index in [1.807, 2.05) is 41.5 Å². The van der Waals surface area contributed by atoms with Gasteiger partial charge in [-0.1, -0.05) is 47.5 Å². The van der Waals surface area contributed by atoms with E-state index in [-0.39, 0.29) is 47.9 Å². The number of benzene rings is 9. The van der Waals surface area contributed by atoms with Crippen molar-refractivity contribution in [3.05, 3.63) is 313 Å². The molecule has 43 heteroatoms. The van der Waals surface area contributed by atoms with Gasteiger partial charge in [0.2, 0.25) is 0 Å². The number of halogens is 43. The normalized spacial score (nSPS) is 12.9. The molecule has 0 saturated heterocycles. The lowest BCUT2D eigenvalue weighted by molar-refractivity contribution is -0.183. The van der Waals surface area contributed by atoms with Gasteiger partial charge < -0.3 is 0 Å². The Labute approximate surface area is 687 Å². The Bertz CT molecular complexity index is 4820. The van der Waals surface area contributed by atoms with Crippen LogP contribution in [0.15, 0.2) is 133 Å². The molecule has 0 aromatic heterocycles. The fourth-order valence-electron chi connectivity index (χ4n) is 10.2. The Morgan fingerprint density at radius 3 is 0.712 bits per heavy atom. The predicted molar refractivity (Wildman–Crippen MR) is 374 cm³/mol. The lowest BCUT2D eigenvalue weighted by atomic mass is 9.86. The van der Waals surface area contributed by atoms with Gasteiger partial charge in [-0.2, -0.15) is 171 Å².